The van der Waals surface area contributed by atoms with E-state index in [1.807, 2.05) is 4.90 Å². The summed E-state index contributed by atoms with van der Waals surface area (Å²) in [6.07, 6.45) is 7.89. The Labute approximate surface area is 115 Å². The molecule has 2 atom stereocenters. The van der Waals surface area contributed by atoms with Crippen LogP contribution in [0.25, 0.3) is 0 Å². The minimum atomic E-state index is -0.256. The molecule has 2 fully saturated rings. The largest absolute Gasteiger partial charge is 0.466 e. The van der Waals surface area contributed by atoms with E-state index < -0.39 is 0 Å². The Morgan fingerprint density at radius 2 is 1.84 bits per heavy atom. The van der Waals surface area contributed by atoms with Crippen molar-refractivity contribution < 1.29 is 14.3 Å². The van der Waals surface area contributed by atoms with Crippen LogP contribution in [-0.4, -0.2) is 36.0 Å². The topological polar surface area (TPSA) is 46.6 Å². The van der Waals surface area contributed by atoms with Crippen LogP contribution in [0.3, 0.4) is 0 Å². The first-order chi connectivity index (χ1) is 9.22. The average Bonchev–Trinajstić information content (AvgIpc) is 2.44. The fraction of sp³-hybridized carbons (Fsp3) is 0.867. The standard InChI is InChI=1S/C15H25NO3/c1-2-19-15(18)10-9-14(17)16-11-5-7-12-6-3-4-8-13(12)16/h12-13H,2-11H2,1H3/t12-,13-/m1/s1. The van der Waals surface area contributed by atoms with Crippen molar-refractivity contribution in [1.82, 2.24) is 4.90 Å². The van der Waals surface area contributed by atoms with Crippen molar-refractivity contribution >= 4 is 11.9 Å². The van der Waals surface area contributed by atoms with Gasteiger partial charge in [-0.1, -0.05) is 12.8 Å². The van der Waals surface area contributed by atoms with Gasteiger partial charge in [-0.3, -0.25) is 9.59 Å². The molecule has 0 N–H and O–H groups in total. The predicted molar refractivity (Wildman–Crippen MR) is 72.6 cm³/mol. The molecule has 0 aromatic rings. The van der Waals surface area contributed by atoms with Crippen molar-refractivity contribution in [2.24, 2.45) is 5.92 Å². The van der Waals surface area contributed by atoms with Crippen LogP contribution in [0.5, 0.6) is 0 Å². The molecule has 1 heterocycles. The SMILES string of the molecule is CCOC(=O)CCC(=O)N1CCC[C@H]2CCCC[C@H]21. The van der Waals surface area contributed by atoms with Crippen LogP contribution < -0.4 is 0 Å². The lowest BCUT2D eigenvalue weighted by Crippen LogP contribution is -2.49. The molecule has 1 aliphatic heterocycles. The number of piperidine rings is 1. The van der Waals surface area contributed by atoms with E-state index in [0.29, 0.717) is 25.0 Å². The molecule has 0 bridgehead atoms. The van der Waals surface area contributed by atoms with Crippen LogP contribution in [0.15, 0.2) is 0 Å². The number of amides is 1. The molecule has 0 spiro atoms. The molecule has 0 unspecified atom stereocenters. The quantitative estimate of drug-likeness (QED) is 0.735. The number of esters is 1. The lowest BCUT2D eigenvalue weighted by molar-refractivity contribution is -0.147. The molecule has 19 heavy (non-hydrogen) atoms. The normalized spacial score (nSPS) is 26.7. The molecule has 4 nitrogen and oxygen atoms in total. The lowest BCUT2D eigenvalue weighted by Gasteiger charge is -2.44. The molecular formula is C15H25NO3. The minimum Gasteiger partial charge on any atom is -0.466 e. The molecule has 2 aliphatic rings. The second kappa shape index (κ2) is 6.92. The molecule has 4 heteroatoms. The summed E-state index contributed by atoms with van der Waals surface area (Å²) >= 11 is 0. The van der Waals surface area contributed by atoms with Gasteiger partial charge >= 0.3 is 5.97 Å². The first-order valence-electron chi connectivity index (χ1n) is 7.67. The van der Waals surface area contributed by atoms with Gasteiger partial charge in [0.15, 0.2) is 0 Å². The van der Waals surface area contributed by atoms with E-state index in [2.05, 4.69) is 0 Å². The third-order valence-electron chi connectivity index (χ3n) is 4.41. The van der Waals surface area contributed by atoms with Crippen molar-refractivity contribution in [3.63, 3.8) is 0 Å². The van der Waals surface area contributed by atoms with E-state index in [9.17, 15) is 9.59 Å². The van der Waals surface area contributed by atoms with Gasteiger partial charge in [0, 0.05) is 19.0 Å². The molecular weight excluding hydrogens is 242 g/mol. The van der Waals surface area contributed by atoms with E-state index in [4.69, 9.17) is 4.74 Å². The Morgan fingerprint density at radius 1 is 1.11 bits per heavy atom. The second-order valence-corrected chi connectivity index (χ2v) is 5.65. The maximum Gasteiger partial charge on any atom is 0.306 e. The maximum absolute atomic E-state index is 12.3. The average molecular weight is 267 g/mol. The van der Waals surface area contributed by atoms with Gasteiger partial charge in [0.2, 0.25) is 5.91 Å². The van der Waals surface area contributed by atoms with E-state index in [1.54, 1.807) is 6.92 Å². The van der Waals surface area contributed by atoms with E-state index >= 15 is 0 Å². The second-order valence-electron chi connectivity index (χ2n) is 5.65. The number of likely N-dealkylation sites (tertiary alicyclic amines) is 1. The number of nitrogens with zero attached hydrogens (tertiary/aromatic N) is 1. The first-order valence-corrected chi connectivity index (χ1v) is 7.67. The summed E-state index contributed by atoms with van der Waals surface area (Å²) in [6, 6.07) is 0.442. The summed E-state index contributed by atoms with van der Waals surface area (Å²) in [5.74, 6) is 0.590. The van der Waals surface area contributed by atoms with Gasteiger partial charge in [-0.25, -0.2) is 0 Å². The molecule has 108 valence electrons. The summed E-state index contributed by atoms with van der Waals surface area (Å²) in [5.41, 5.74) is 0. The molecule has 0 radical (unpaired) electrons. The van der Waals surface area contributed by atoms with Gasteiger partial charge in [0.1, 0.15) is 0 Å². The van der Waals surface area contributed by atoms with Crippen molar-refractivity contribution in [3.05, 3.63) is 0 Å². The fourth-order valence-corrected chi connectivity index (χ4v) is 3.52. The number of carbonyl (C=O) groups is 2. The van der Waals surface area contributed by atoms with Crippen LogP contribution in [-0.2, 0) is 14.3 Å². The van der Waals surface area contributed by atoms with Crippen LogP contribution in [0.1, 0.15) is 58.3 Å². The Bertz CT molecular complexity index is 327. The summed E-state index contributed by atoms with van der Waals surface area (Å²) in [7, 11) is 0. The van der Waals surface area contributed by atoms with Crippen LogP contribution >= 0.6 is 0 Å². The van der Waals surface area contributed by atoms with E-state index in [-0.39, 0.29) is 18.3 Å². The van der Waals surface area contributed by atoms with Crippen molar-refractivity contribution in [2.75, 3.05) is 13.2 Å². The molecule has 0 aromatic heterocycles. The Kier molecular flexibility index (Phi) is 5.23. The summed E-state index contributed by atoms with van der Waals surface area (Å²) < 4.78 is 4.88. The van der Waals surface area contributed by atoms with Crippen LogP contribution in [0, 0.1) is 5.92 Å². The van der Waals surface area contributed by atoms with Crippen LogP contribution in [0.4, 0.5) is 0 Å². The molecule has 2 rings (SSSR count). The van der Waals surface area contributed by atoms with Gasteiger partial charge in [-0.2, -0.15) is 0 Å². The summed E-state index contributed by atoms with van der Waals surface area (Å²) in [4.78, 5) is 25.6. The fourth-order valence-electron chi connectivity index (χ4n) is 3.52. The zero-order chi connectivity index (χ0) is 13.7. The lowest BCUT2D eigenvalue weighted by atomic mass is 9.78. The zero-order valence-electron chi connectivity index (χ0n) is 11.9. The highest BCUT2D eigenvalue weighted by molar-refractivity contribution is 5.81. The van der Waals surface area contributed by atoms with Crippen molar-refractivity contribution in [1.29, 1.82) is 0 Å². The van der Waals surface area contributed by atoms with E-state index in [1.165, 1.54) is 25.7 Å². The number of hydrogen-bond acceptors (Lipinski definition) is 3. The Balaban J connectivity index is 1.85. The molecule has 1 aliphatic carbocycles. The van der Waals surface area contributed by atoms with Gasteiger partial charge < -0.3 is 9.64 Å². The zero-order valence-corrected chi connectivity index (χ0v) is 11.9. The van der Waals surface area contributed by atoms with Crippen LogP contribution in [0.2, 0.25) is 0 Å². The monoisotopic (exact) mass is 267 g/mol. The summed E-state index contributed by atoms with van der Waals surface area (Å²) in [5, 5.41) is 0. The van der Waals surface area contributed by atoms with Gasteiger partial charge in [-0.15, -0.1) is 0 Å². The van der Waals surface area contributed by atoms with E-state index in [0.717, 1.165) is 19.4 Å². The molecule has 1 saturated heterocycles. The first kappa shape index (κ1) is 14.4. The van der Waals surface area contributed by atoms with Gasteiger partial charge in [0.25, 0.3) is 0 Å². The predicted octanol–water partition coefficient (Wildman–Crippen LogP) is 2.51. The highest BCUT2D eigenvalue weighted by Gasteiger charge is 2.35. The molecule has 1 saturated carbocycles. The van der Waals surface area contributed by atoms with Gasteiger partial charge in [-0.05, 0) is 38.5 Å². The number of rotatable bonds is 4. The van der Waals surface area contributed by atoms with Crippen molar-refractivity contribution in [3.8, 4) is 0 Å². The van der Waals surface area contributed by atoms with Crippen molar-refractivity contribution in [2.45, 2.75) is 64.3 Å². The Hall–Kier alpha value is -1.06. The highest BCUT2D eigenvalue weighted by atomic mass is 16.5. The minimum absolute atomic E-state index is 0.143. The summed E-state index contributed by atoms with van der Waals surface area (Å²) in [6.45, 7) is 3.06. The smallest absolute Gasteiger partial charge is 0.306 e. The number of carbonyl (C=O) groups excluding carboxylic acids is 2. The Morgan fingerprint density at radius 3 is 2.63 bits per heavy atom. The maximum atomic E-state index is 12.3. The number of fused-ring (bicyclic) bond motifs is 1. The number of hydrogen-bond donors (Lipinski definition) is 0. The third kappa shape index (κ3) is 3.71. The number of ether oxygens (including phenoxy) is 1. The third-order valence-corrected chi connectivity index (χ3v) is 4.41. The molecule has 1 amide bonds. The molecule has 0 aromatic carbocycles. The van der Waals surface area contributed by atoms with Gasteiger partial charge in [0.05, 0.1) is 13.0 Å². The highest BCUT2D eigenvalue weighted by Crippen LogP contribution is 2.35.